The maximum atomic E-state index is 13.8. The maximum Gasteiger partial charge on any atom is 0.250 e. The Labute approximate surface area is 216 Å². The number of methoxy groups -OCH3 is 1. The Morgan fingerprint density at radius 3 is 2.49 bits per heavy atom. The van der Waals surface area contributed by atoms with Crippen molar-refractivity contribution in [1.29, 1.82) is 0 Å². The lowest BCUT2D eigenvalue weighted by Gasteiger charge is -2.34. The van der Waals surface area contributed by atoms with Crippen molar-refractivity contribution in [3.8, 4) is 5.75 Å². The minimum absolute atomic E-state index is 0.0153. The van der Waals surface area contributed by atoms with Crippen LogP contribution in [0.3, 0.4) is 0 Å². The van der Waals surface area contributed by atoms with Crippen molar-refractivity contribution < 1.29 is 29.0 Å². The number of aliphatic hydroxyl groups excluding tert-OH is 1. The summed E-state index contributed by atoms with van der Waals surface area (Å²) < 4.78 is 11.9. The standard InChI is InChI=1S/C28H33N3O6/c1-3-27-13-14-28(37-27)22(21(27)24(33)29-17-18-7-5-4-6-8-18)26(35)31(15-16-32)23(28)25(34)30-19-9-11-20(36-2)12-10-19/h4-12,21-23,32H,3,13-17H2,1-2H3,(H,29,33)(H,30,34)/t21-,22-,23?,27+,28?/m0/s1. The lowest BCUT2D eigenvalue weighted by atomic mass is 9.65. The molecule has 3 N–H and O–H groups in total. The van der Waals surface area contributed by atoms with Crippen LogP contribution in [0.5, 0.6) is 5.75 Å². The normalized spacial score (nSPS) is 29.8. The number of aliphatic hydroxyl groups is 1. The molecule has 2 unspecified atom stereocenters. The minimum atomic E-state index is -1.13. The van der Waals surface area contributed by atoms with Crippen LogP contribution in [0.2, 0.25) is 0 Å². The zero-order valence-corrected chi connectivity index (χ0v) is 21.1. The third kappa shape index (κ3) is 4.06. The molecule has 3 aliphatic heterocycles. The lowest BCUT2D eigenvalue weighted by Crippen LogP contribution is -2.53. The number of likely N-dealkylation sites (tertiary alicyclic amines) is 1. The molecular weight excluding hydrogens is 474 g/mol. The first kappa shape index (κ1) is 25.2. The predicted octanol–water partition coefficient (Wildman–Crippen LogP) is 2.10. The van der Waals surface area contributed by atoms with Gasteiger partial charge in [-0.05, 0) is 49.1 Å². The molecule has 0 aliphatic carbocycles. The van der Waals surface area contributed by atoms with Crippen LogP contribution in [0.4, 0.5) is 5.69 Å². The Bertz CT molecular complexity index is 1170. The number of ether oxygens (including phenoxy) is 2. The highest BCUT2D eigenvalue weighted by Gasteiger charge is 2.78. The monoisotopic (exact) mass is 507 g/mol. The van der Waals surface area contributed by atoms with E-state index in [2.05, 4.69) is 10.6 Å². The lowest BCUT2D eigenvalue weighted by molar-refractivity contribution is -0.146. The number of fused-ring (bicyclic) bond motifs is 1. The highest BCUT2D eigenvalue weighted by Crippen LogP contribution is 2.64. The third-order valence-corrected chi connectivity index (χ3v) is 8.22. The molecule has 9 nitrogen and oxygen atoms in total. The molecule has 2 aromatic rings. The summed E-state index contributed by atoms with van der Waals surface area (Å²) >= 11 is 0. The molecule has 9 heteroatoms. The van der Waals surface area contributed by atoms with E-state index in [4.69, 9.17) is 9.47 Å². The highest BCUT2D eigenvalue weighted by molar-refractivity contribution is 6.03. The molecule has 3 amide bonds. The number of hydrogen-bond donors (Lipinski definition) is 3. The van der Waals surface area contributed by atoms with Gasteiger partial charge in [-0.3, -0.25) is 14.4 Å². The van der Waals surface area contributed by atoms with Crippen molar-refractivity contribution in [2.45, 2.75) is 50.0 Å². The molecule has 3 heterocycles. The van der Waals surface area contributed by atoms with Gasteiger partial charge >= 0.3 is 0 Å². The molecule has 3 aliphatic rings. The second-order valence-electron chi connectivity index (χ2n) is 10.0. The maximum absolute atomic E-state index is 13.8. The molecule has 0 saturated carbocycles. The van der Waals surface area contributed by atoms with Gasteiger partial charge in [-0.1, -0.05) is 37.3 Å². The number of rotatable bonds is 9. The van der Waals surface area contributed by atoms with E-state index in [1.807, 2.05) is 37.3 Å². The molecule has 0 aromatic heterocycles. The van der Waals surface area contributed by atoms with Crippen LogP contribution in [-0.4, -0.2) is 65.2 Å². The van der Waals surface area contributed by atoms with Crippen molar-refractivity contribution in [2.75, 3.05) is 25.6 Å². The van der Waals surface area contributed by atoms with Gasteiger partial charge < -0.3 is 30.1 Å². The Hall–Kier alpha value is -3.43. The second kappa shape index (κ2) is 9.79. The van der Waals surface area contributed by atoms with Crippen molar-refractivity contribution in [2.24, 2.45) is 11.8 Å². The van der Waals surface area contributed by atoms with Crippen LogP contribution in [0.25, 0.3) is 0 Å². The Balaban J connectivity index is 1.45. The average Bonchev–Trinajstić information content (AvgIpc) is 3.52. The van der Waals surface area contributed by atoms with Gasteiger partial charge in [0.2, 0.25) is 17.7 Å². The van der Waals surface area contributed by atoms with Gasteiger partial charge in [0.15, 0.2) is 0 Å². The fourth-order valence-electron chi connectivity index (χ4n) is 6.54. The minimum Gasteiger partial charge on any atom is -0.497 e. The molecule has 0 radical (unpaired) electrons. The van der Waals surface area contributed by atoms with Gasteiger partial charge in [0.25, 0.3) is 0 Å². The summed E-state index contributed by atoms with van der Waals surface area (Å²) in [6, 6.07) is 15.5. The summed E-state index contributed by atoms with van der Waals surface area (Å²) in [6.07, 6.45) is 1.62. The summed E-state index contributed by atoms with van der Waals surface area (Å²) in [6.45, 7) is 1.98. The largest absolute Gasteiger partial charge is 0.497 e. The predicted molar refractivity (Wildman–Crippen MR) is 136 cm³/mol. The van der Waals surface area contributed by atoms with Gasteiger partial charge in [0.1, 0.15) is 17.4 Å². The number of carbonyl (C=O) groups excluding carboxylic acids is 3. The average molecular weight is 508 g/mol. The molecule has 5 atom stereocenters. The van der Waals surface area contributed by atoms with Crippen LogP contribution in [-0.2, 0) is 25.7 Å². The molecular formula is C28H33N3O6. The quantitative estimate of drug-likeness (QED) is 0.479. The van der Waals surface area contributed by atoms with E-state index in [-0.39, 0.29) is 25.0 Å². The molecule has 37 heavy (non-hydrogen) atoms. The van der Waals surface area contributed by atoms with E-state index >= 15 is 0 Å². The van der Waals surface area contributed by atoms with E-state index in [0.29, 0.717) is 37.2 Å². The molecule has 196 valence electrons. The van der Waals surface area contributed by atoms with Crippen molar-refractivity contribution >= 4 is 23.4 Å². The molecule has 3 saturated heterocycles. The summed E-state index contributed by atoms with van der Waals surface area (Å²) in [7, 11) is 1.56. The third-order valence-electron chi connectivity index (χ3n) is 8.22. The topological polar surface area (TPSA) is 117 Å². The van der Waals surface area contributed by atoms with Gasteiger partial charge in [0, 0.05) is 18.8 Å². The van der Waals surface area contributed by atoms with E-state index in [0.717, 1.165) is 5.56 Å². The van der Waals surface area contributed by atoms with Crippen LogP contribution < -0.4 is 15.4 Å². The fraction of sp³-hybridized carbons (Fsp3) is 0.464. The number of carbonyl (C=O) groups is 3. The van der Waals surface area contributed by atoms with Crippen molar-refractivity contribution in [3.05, 3.63) is 60.2 Å². The highest BCUT2D eigenvalue weighted by atomic mass is 16.5. The molecule has 5 rings (SSSR count). The number of benzene rings is 2. The van der Waals surface area contributed by atoms with Gasteiger partial charge in [-0.25, -0.2) is 0 Å². The second-order valence-corrected chi connectivity index (χ2v) is 10.0. The van der Waals surface area contributed by atoms with E-state index in [1.54, 1.807) is 31.4 Å². The number of nitrogens with one attached hydrogen (secondary N) is 2. The van der Waals surface area contributed by atoms with Crippen molar-refractivity contribution in [1.82, 2.24) is 10.2 Å². The first-order chi connectivity index (χ1) is 17.9. The van der Waals surface area contributed by atoms with Gasteiger partial charge in [-0.2, -0.15) is 0 Å². The first-order valence-electron chi connectivity index (χ1n) is 12.8. The van der Waals surface area contributed by atoms with Gasteiger partial charge in [-0.15, -0.1) is 0 Å². The first-order valence-corrected chi connectivity index (χ1v) is 12.8. The van der Waals surface area contributed by atoms with E-state index in [9.17, 15) is 19.5 Å². The summed E-state index contributed by atoms with van der Waals surface area (Å²) in [4.78, 5) is 42.5. The van der Waals surface area contributed by atoms with Crippen LogP contribution in [0.15, 0.2) is 54.6 Å². The fourth-order valence-corrected chi connectivity index (χ4v) is 6.54. The number of β-amino-alcohol motifs (C(OH)–C–C–N with tert-alkyl or cyclic N) is 1. The summed E-state index contributed by atoms with van der Waals surface area (Å²) in [5.74, 6) is -1.82. The van der Waals surface area contributed by atoms with E-state index in [1.165, 1.54) is 4.90 Å². The van der Waals surface area contributed by atoms with Crippen LogP contribution in [0, 0.1) is 11.8 Å². The van der Waals surface area contributed by atoms with E-state index < -0.39 is 35.0 Å². The molecule has 2 bridgehead atoms. The van der Waals surface area contributed by atoms with Gasteiger partial charge in [0.05, 0.1) is 31.2 Å². The van der Waals surface area contributed by atoms with Crippen LogP contribution >= 0.6 is 0 Å². The van der Waals surface area contributed by atoms with Crippen LogP contribution in [0.1, 0.15) is 31.7 Å². The molecule has 3 fully saturated rings. The number of hydrogen-bond acceptors (Lipinski definition) is 6. The Morgan fingerprint density at radius 1 is 1.11 bits per heavy atom. The Morgan fingerprint density at radius 2 is 1.84 bits per heavy atom. The van der Waals surface area contributed by atoms with Crippen molar-refractivity contribution in [3.63, 3.8) is 0 Å². The number of nitrogens with zero attached hydrogens (tertiary/aromatic N) is 1. The zero-order valence-electron chi connectivity index (χ0n) is 21.1. The Kier molecular flexibility index (Phi) is 6.68. The summed E-state index contributed by atoms with van der Waals surface area (Å²) in [5.41, 5.74) is -0.438. The number of amides is 3. The number of anilines is 1. The summed E-state index contributed by atoms with van der Waals surface area (Å²) in [5, 5.41) is 15.7. The molecule has 2 aromatic carbocycles. The zero-order chi connectivity index (χ0) is 26.2. The smallest absolute Gasteiger partial charge is 0.250 e. The molecule has 1 spiro atoms. The SMILES string of the molecule is CC[C@]12CCC3(O1)C(C(=O)Nc1ccc(OC)cc1)N(CCO)C(=O)[C@@H]3[C@H]2C(=O)NCc1ccccc1.